The standard InChI is InChI=1S/C12H13N2/c1-9-7-14-8-10-5-3-4-6-11(10)12(14)13(9)2/h3-8,11H,1-2H3/q+1. The fourth-order valence-electron chi connectivity index (χ4n) is 2.26. The maximum Gasteiger partial charge on any atom is 0.272 e. The topological polar surface area (TPSA) is 8.81 Å². The summed E-state index contributed by atoms with van der Waals surface area (Å²) >= 11 is 0. The first-order chi connectivity index (χ1) is 6.77. The zero-order valence-electron chi connectivity index (χ0n) is 8.44. The van der Waals surface area contributed by atoms with Crippen molar-refractivity contribution in [3.8, 4) is 0 Å². The normalized spacial score (nSPS) is 22.1. The molecule has 0 fully saturated rings. The zero-order valence-corrected chi connectivity index (χ0v) is 8.44. The molecule has 3 rings (SSSR count). The Morgan fingerprint density at radius 3 is 3.07 bits per heavy atom. The maximum absolute atomic E-state index is 2.26. The van der Waals surface area contributed by atoms with Crippen LogP contribution < -0.4 is 4.57 Å². The molecule has 0 amide bonds. The Morgan fingerprint density at radius 1 is 1.36 bits per heavy atom. The van der Waals surface area contributed by atoms with Gasteiger partial charge in [-0.2, -0.15) is 0 Å². The van der Waals surface area contributed by atoms with Gasteiger partial charge in [-0.1, -0.05) is 24.3 Å². The molecule has 0 radical (unpaired) electrons. The first-order valence-electron chi connectivity index (χ1n) is 4.91. The molecule has 2 aliphatic rings. The Kier molecular flexibility index (Phi) is 1.38. The molecule has 2 nitrogen and oxygen atoms in total. The molecule has 70 valence electrons. The summed E-state index contributed by atoms with van der Waals surface area (Å²) < 4.78 is 4.49. The number of imidazole rings is 1. The third-order valence-corrected chi connectivity index (χ3v) is 3.09. The Hall–Kier alpha value is -1.57. The molecular weight excluding hydrogens is 172 g/mol. The molecule has 1 aliphatic heterocycles. The third kappa shape index (κ3) is 0.830. The average Bonchev–Trinajstić information content (AvgIpc) is 2.65. The second-order valence-electron chi connectivity index (χ2n) is 3.95. The third-order valence-electron chi connectivity index (χ3n) is 3.09. The summed E-state index contributed by atoms with van der Waals surface area (Å²) in [5, 5.41) is 0. The van der Waals surface area contributed by atoms with E-state index in [9.17, 15) is 0 Å². The van der Waals surface area contributed by atoms with Crippen molar-refractivity contribution < 1.29 is 4.57 Å². The molecule has 0 N–H and O–H groups in total. The fourth-order valence-corrected chi connectivity index (χ4v) is 2.26. The molecule has 0 saturated heterocycles. The fraction of sp³-hybridized carbons (Fsp3) is 0.250. The lowest BCUT2D eigenvalue weighted by atomic mass is 9.97. The van der Waals surface area contributed by atoms with Crippen molar-refractivity contribution in [1.82, 2.24) is 4.57 Å². The van der Waals surface area contributed by atoms with E-state index in [0.717, 1.165) is 0 Å². The average molecular weight is 185 g/mol. The van der Waals surface area contributed by atoms with E-state index in [2.05, 4.69) is 59.8 Å². The minimum absolute atomic E-state index is 0.457. The van der Waals surface area contributed by atoms with Crippen molar-refractivity contribution in [3.05, 3.63) is 47.6 Å². The lowest BCUT2D eigenvalue weighted by Gasteiger charge is -2.06. The second kappa shape index (κ2) is 2.47. The van der Waals surface area contributed by atoms with Crippen LogP contribution in [0.2, 0.25) is 0 Å². The Bertz CT molecular complexity index is 487. The quantitative estimate of drug-likeness (QED) is 0.544. The molecule has 0 aromatic carbocycles. The molecule has 1 aromatic heterocycles. The maximum atomic E-state index is 2.26. The molecule has 2 heteroatoms. The molecule has 1 aromatic rings. The smallest absolute Gasteiger partial charge is 0.233 e. The molecule has 1 unspecified atom stereocenters. The van der Waals surface area contributed by atoms with E-state index in [1.54, 1.807) is 0 Å². The second-order valence-corrected chi connectivity index (χ2v) is 3.95. The predicted octanol–water partition coefficient (Wildman–Crippen LogP) is 1.69. The monoisotopic (exact) mass is 185 g/mol. The summed E-state index contributed by atoms with van der Waals surface area (Å²) in [7, 11) is 2.13. The molecular formula is C12H13N2+. The van der Waals surface area contributed by atoms with Crippen LogP contribution in [0.25, 0.3) is 6.20 Å². The van der Waals surface area contributed by atoms with Crippen molar-refractivity contribution in [1.29, 1.82) is 0 Å². The highest BCUT2D eigenvalue weighted by Gasteiger charge is 2.33. The van der Waals surface area contributed by atoms with E-state index in [1.807, 2.05) is 0 Å². The van der Waals surface area contributed by atoms with Gasteiger partial charge in [-0.05, 0) is 0 Å². The summed E-state index contributed by atoms with van der Waals surface area (Å²) in [5.74, 6) is 1.82. The highest BCUT2D eigenvalue weighted by atomic mass is 15.2. The van der Waals surface area contributed by atoms with Crippen LogP contribution >= 0.6 is 0 Å². The highest BCUT2D eigenvalue weighted by molar-refractivity contribution is 5.49. The van der Waals surface area contributed by atoms with Crippen LogP contribution in [0.15, 0.2) is 36.1 Å². The van der Waals surface area contributed by atoms with Gasteiger partial charge >= 0.3 is 0 Å². The molecule has 0 spiro atoms. The molecule has 14 heavy (non-hydrogen) atoms. The van der Waals surface area contributed by atoms with Gasteiger partial charge < -0.3 is 0 Å². The van der Waals surface area contributed by atoms with Gasteiger partial charge in [-0.25, -0.2) is 9.13 Å². The Morgan fingerprint density at radius 2 is 2.21 bits per heavy atom. The van der Waals surface area contributed by atoms with Crippen molar-refractivity contribution in [3.63, 3.8) is 0 Å². The summed E-state index contributed by atoms with van der Waals surface area (Å²) in [6.45, 7) is 2.14. The number of hydrogen-bond donors (Lipinski definition) is 0. The molecule has 2 heterocycles. The van der Waals surface area contributed by atoms with E-state index in [-0.39, 0.29) is 0 Å². The van der Waals surface area contributed by atoms with Gasteiger partial charge in [0, 0.05) is 12.5 Å². The zero-order chi connectivity index (χ0) is 9.71. The van der Waals surface area contributed by atoms with Crippen LogP contribution in [0.1, 0.15) is 17.4 Å². The van der Waals surface area contributed by atoms with Gasteiger partial charge in [0.2, 0.25) is 0 Å². The number of fused-ring (bicyclic) bond motifs is 3. The predicted molar refractivity (Wildman–Crippen MR) is 55.6 cm³/mol. The van der Waals surface area contributed by atoms with Gasteiger partial charge in [-0.3, -0.25) is 0 Å². The van der Waals surface area contributed by atoms with Gasteiger partial charge in [0.1, 0.15) is 24.0 Å². The van der Waals surface area contributed by atoms with Crippen LogP contribution in [0, 0.1) is 6.92 Å². The van der Waals surface area contributed by atoms with E-state index in [1.165, 1.54) is 17.1 Å². The van der Waals surface area contributed by atoms with Crippen molar-refractivity contribution in [2.45, 2.75) is 12.8 Å². The first kappa shape index (κ1) is 7.80. The number of aromatic nitrogens is 2. The number of rotatable bonds is 0. The van der Waals surface area contributed by atoms with E-state index >= 15 is 0 Å². The Balaban J connectivity index is 2.24. The summed E-state index contributed by atoms with van der Waals surface area (Å²) in [6.07, 6.45) is 13.1. The van der Waals surface area contributed by atoms with Crippen LogP contribution in [-0.4, -0.2) is 4.57 Å². The number of hydrogen-bond acceptors (Lipinski definition) is 0. The number of aryl methyl sites for hydroxylation is 1. The Labute approximate surface area is 83.5 Å². The van der Waals surface area contributed by atoms with Crippen molar-refractivity contribution in [2.75, 3.05) is 0 Å². The summed E-state index contributed by atoms with van der Waals surface area (Å²) in [6, 6.07) is 0. The molecule has 1 atom stereocenters. The van der Waals surface area contributed by atoms with Gasteiger partial charge in [-0.15, -0.1) is 0 Å². The van der Waals surface area contributed by atoms with E-state index in [0.29, 0.717) is 5.92 Å². The SMILES string of the molecule is Cc1c[n+]2c(n1C)C1C=CC=CC1=C2. The van der Waals surface area contributed by atoms with Crippen molar-refractivity contribution >= 4 is 6.20 Å². The number of allylic oxidation sites excluding steroid dienone is 5. The van der Waals surface area contributed by atoms with Gasteiger partial charge in [0.15, 0.2) is 0 Å². The van der Waals surface area contributed by atoms with Gasteiger partial charge in [0.25, 0.3) is 5.82 Å². The van der Waals surface area contributed by atoms with Crippen LogP contribution in [0.4, 0.5) is 0 Å². The summed E-state index contributed by atoms with van der Waals surface area (Å²) in [5.41, 5.74) is 2.69. The van der Waals surface area contributed by atoms with Crippen LogP contribution in [0.5, 0.6) is 0 Å². The lowest BCUT2D eigenvalue weighted by Crippen LogP contribution is -2.26. The van der Waals surface area contributed by atoms with E-state index < -0.39 is 0 Å². The van der Waals surface area contributed by atoms with Crippen molar-refractivity contribution in [2.24, 2.45) is 7.05 Å². The summed E-state index contributed by atoms with van der Waals surface area (Å²) in [4.78, 5) is 0. The largest absolute Gasteiger partial charge is 0.272 e. The molecule has 0 bridgehead atoms. The highest BCUT2D eigenvalue weighted by Crippen LogP contribution is 2.31. The van der Waals surface area contributed by atoms with Crippen LogP contribution in [-0.2, 0) is 7.05 Å². The molecule has 0 saturated carbocycles. The minimum Gasteiger partial charge on any atom is -0.233 e. The molecule has 1 aliphatic carbocycles. The first-order valence-corrected chi connectivity index (χ1v) is 4.91. The van der Waals surface area contributed by atoms with Crippen LogP contribution in [0.3, 0.4) is 0 Å². The minimum atomic E-state index is 0.457. The number of nitrogens with zero attached hydrogens (tertiary/aromatic N) is 2. The van der Waals surface area contributed by atoms with E-state index in [4.69, 9.17) is 0 Å². The van der Waals surface area contributed by atoms with Gasteiger partial charge in [0.05, 0.1) is 7.05 Å². The lowest BCUT2D eigenvalue weighted by molar-refractivity contribution is -0.572.